The Hall–Kier alpha value is -1.48. The Morgan fingerprint density at radius 2 is 1.88 bits per heavy atom. The van der Waals surface area contributed by atoms with Crippen LogP contribution in [0.2, 0.25) is 0 Å². The minimum Gasteiger partial charge on any atom is -0.392 e. The normalized spacial score (nSPS) is 33.2. The van der Waals surface area contributed by atoms with Crippen LogP contribution < -0.4 is 10.0 Å². The number of hydrogen-bond donors (Lipinski definition) is 3. The number of methoxy groups -OCH3 is 1. The molecule has 3 N–H and O–H groups in total. The second-order valence-electron chi connectivity index (χ2n) is 10.4. The highest BCUT2D eigenvalue weighted by molar-refractivity contribution is 7.89. The first kappa shape index (κ1) is 26.1. The van der Waals surface area contributed by atoms with Crippen LogP contribution >= 0.6 is 0 Å². The molecule has 0 heterocycles. The fourth-order valence-electron chi connectivity index (χ4n) is 6.08. The average molecular weight is 481 g/mol. The van der Waals surface area contributed by atoms with Gasteiger partial charge < -0.3 is 15.2 Å². The molecule has 186 valence electrons. The first-order valence-electron chi connectivity index (χ1n) is 12.0. The third-order valence-electron chi connectivity index (χ3n) is 8.19. The van der Waals surface area contributed by atoms with Gasteiger partial charge in [0.25, 0.3) is 0 Å². The lowest BCUT2D eigenvalue weighted by molar-refractivity contribution is -0.141. The zero-order chi connectivity index (χ0) is 24.4. The standard InChI is InChI=1S/C25H40N2O5S/c1-16-6-8-19(9-7-16)33(30,31)27-21-11-13-25(4)12-10-20(23(28)22(25)18(21)3)17(2)24(29)26-14-15-32-5/h6-9,17-18,20-23,27-28H,10-15H2,1-5H3,(H,26,29)/t17-,18+,20?,21-,22+,23-,25-/m0/s1. The molecule has 0 bridgehead atoms. The number of rotatable bonds is 8. The molecule has 7 atom stereocenters. The molecule has 0 radical (unpaired) electrons. The fraction of sp³-hybridized carbons (Fsp3) is 0.720. The van der Waals surface area contributed by atoms with Gasteiger partial charge in [-0.3, -0.25) is 4.79 Å². The van der Waals surface area contributed by atoms with Crippen molar-refractivity contribution in [2.75, 3.05) is 20.3 Å². The van der Waals surface area contributed by atoms with Crippen molar-refractivity contribution in [3.63, 3.8) is 0 Å². The number of aliphatic hydroxyl groups is 1. The number of fused-ring (bicyclic) bond motifs is 1. The molecule has 1 aromatic rings. The Labute approximate surface area is 198 Å². The van der Waals surface area contributed by atoms with Gasteiger partial charge in [-0.15, -0.1) is 0 Å². The molecule has 3 rings (SSSR count). The Balaban J connectivity index is 1.74. The number of nitrogens with one attached hydrogen (secondary N) is 2. The number of sulfonamides is 1. The van der Waals surface area contributed by atoms with Gasteiger partial charge in [0.15, 0.2) is 0 Å². The van der Waals surface area contributed by atoms with E-state index in [1.807, 2.05) is 20.8 Å². The number of aliphatic hydroxyl groups excluding tert-OH is 1. The number of benzene rings is 1. The maximum absolute atomic E-state index is 13.0. The minimum absolute atomic E-state index is 0.0504. The maximum atomic E-state index is 13.0. The van der Waals surface area contributed by atoms with Crippen LogP contribution in [-0.4, -0.2) is 51.8 Å². The van der Waals surface area contributed by atoms with Crippen LogP contribution in [0.5, 0.6) is 0 Å². The van der Waals surface area contributed by atoms with E-state index in [0.29, 0.717) is 13.2 Å². The molecule has 1 amide bonds. The van der Waals surface area contributed by atoms with Gasteiger partial charge in [-0.05, 0) is 67.9 Å². The lowest BCUT2D eigenvalue weighted by Gasteiger charge is -2.56. The second-order valence-corrected chi connectivity index (χ2v) is 12.1. The zero-order valence-corrected chi connectivity index (χ0v) is 21.3. The highest BCUT2D eigenvalue weighted by Gasteiger charge is 2.54. The lowest BCUT2D eigenvalue weighted by atomic mass is 9.52. The molecule has 0 aliphatic heterocycles. The molecule has 1 unspecified atom stereocenters. The number of amides is 1. The quantitative estimate of drug-likeness (QED) is 0.496. The molecule has 33 heavy (non-hydrogen) atoms. The molecule has 0 saturated heterocycles. The number of carbonyl (C=O) groups excluding carboxylic acids is 1. The summed E-state index contributed by atoms with van der Waals surface area (Å²) in [6, 6.07) is 6.60. The molecular weight excluding hydrogens is 440 g/mol. The summed E-state index contributed by atoms with van der Waals surface area (Å²) in [6.45, 7) is 8.95. The van der Waals surface area contributed by atoms with Gasteiger partial charge in [0.1, 0.15) is 0 Å². The Morgan fingerprint density at radius 1 is 1.24 bits per heavy atom. The minimum atomic E-state index is -3.65. The highest BCUT2D eigenvalue weighted by Crippen LogP contribution is 2.55. The van der Waals surface area contributed by atoms with E-state index < -0.39 is 16.1 Å². The van der Waals surface area contributed by atoms with Gasteiger partial charge in [-0.2, -0.15) is 0 Å². The Morgan fingerprint density at radius 3 is 2.52 bits per heavy atom. The topological polar surface area (TPSA) is 105 Å². The van der Waals surface area contributed by atoms with Crippen molar-refractivity contribution in [3.05, 3.63) is 29.8 Å². The largest absolute Gasteiger partial charge is 0.392 e. The second kappa shape index (κ2) is 10.4. The number of carbonyl (C=O) groups is 1. The van der Waals surface area contributed by atoms with Gasteiger partial charge in [-0.25, -0.2) is 13.1 Å². The van der Waals surface area contributed by atoms with Crippen molar-refractivity contribution >= 4 is 15.9 Å². The number of aryl methyl sites for hydroxylation is 1. The van der Waals surface area contributed by atoms with Crippen LogP contribution in [-0.2, 0) is 19.6 Å². The molecule has 8 heteroatoms. The van der Waals surface area contributed by atoms with Crippen molar-refractivity contribution in [1.82, 2.24) is 10.0 Å². The predicted octanol–water partition coefficient (Wildman–Crippen LogP) is 2.86. The van der Waals surface area contributed by atoms with Crippen molar-refractivity contribution in [2.45, 2.75) is 70.4 Å². The zero-order valence-electron chi connectivity index (χ0n) is 20.5. The van der Waals surface area contributed by atoms with Crippen LogP contribution in [0.15, 0.2) is 29.2 Å². The summed E-state index contributed by atoms with van der Waals surface area (Å²) < 4.78 is 34.0. The molecule has 2 aliphatic carbocycles. The van der Waals surface area contributed by atoms with E-state index in [1.54, 1.807) is 31.4 Å². The summed E-state index contributed by atoms with van der Waals surface area (Å²) in [7, 11) is -2.06. The fourth-order valence-corrected chi connectivity index (χ4v) is 7.44. The molecule has 1 aromatic carbocycles. The smallest absolute Gasteiger partial charge is 0.240 e. The van der Waals surface area contributed by atoms with E-state index in [4.69, 9.17) is 4.74 Å². The van der Waals surface area contributed by atoms with Crippen LogP contribution in [0.4, 0.5) is 0 Å². The van der Waals surface area contributed by atoms with Crippen LogP contribution in [0.1, 0.15) is 52.0 Å². The summed E-state index contributed by atoms with van der Waals surface area (Å²) in [5.74, 6) is -0.672. The van der Waals surface area contributed by atoms with Crippen LogP contribution in [0.3, 0.4) is 0 Å². The van der Waals surface area contributed by atoms with E-state index in [0.717, 1.165) is 31.2 Å². The van der Waals surface area contributed by atoms with Crippen molar-refractivity contribution in [1.29, 1.82) is 0 Å². The number of ether oxygens (including phenoxy) is 1. The third-order valence-corrected chi connectivity index (χ3v) is 9.69. The highest BCUT2D eigenvalue weighted by atomic mass is 32.2. The molecule has 2 fully saturated rings. The maximum Gasteiger partial charge on any atom is 0.240 e. The molecule has 0 aromatic heterocycles. The molecule has 7 nitrogen and oxygen atoms in total. The Kier molecular flexibility index (Phi) is 8.25. The van der Waals surface area contributed by atoms with Gasteiger partial charge in [-0.1, -0.05) is 38.5 Å². The SMILES string of the molecule is COCCNC(=O)[C@@H](C)C1CC[C@@]2(C)CC[C@H](NS(=O)(=O)c3ccc(C)cc3)[C@@H](C)[C@@H]2[C@H]1O. The van der Waals surface area contributed by atoms with Gasteiger partial charge >= 0.3 is 0 Å². The van der Waals surface area contributed by atoms with E-state index in [-0.39, 0.29) is 45.9 Å². The van der Waals surface area contributed by atoms with Crippen molar-refractivity contribution < 1.29 is 23.1 Å². The van der Waals surface area contributed by atoms with E-state index in [2.05, 4.69) is 17.0 Å². The summed E-state index contributed by atoms with van der Waals surface area (Å²) in [4.78, 5) is 12.9. The molecule has 2 aliphatic rings. The van der Waals surface area contributed by atoms with E-state index in [1.165, 1.54) is 0 Å². The van der Waals surface area contributed by atoms with Crippen molar-refractivity contribution in [3.8, 4) is 0 Å². The third kappa shape index (κ3) is 5.61. The number of hydrogen-bond acceptors (Lipinski definition) is 5. The van der Waals surface area contributed by atoms with Gasteiger partial charge in [0.2, 0.25) is 15.9 Å². The molecule has 0 spiro atoms. The van der Waals surface area contributed by atoms with Gasteiger partial charge in [0, 0.05) is 25.6 Å². The van der Waals surface area contributed by atoms with Gasteiger partial charge in [0.05, 0.1) is 17.6 Å². The van der Waals surface area contributed by atoms with Crippen molar-refractivity contribution in [2.24, 2.45) is 29.1 Å². The molecule has 2 saturated carbocycles. The lowest BCUT2D eigenvalue weighted by Crippen LogP contribution is -2.58. The predicted molar refractivity (Wildman–Crippen MR) is 128 cm³/mol. The first-order valence-corrected chi connectivity index (χ1v) is 13.5. The van der Waals surface area contributed by atoms with E-state index >= 15 is 0 Å². The summed E-state index contributed by atoms with van der Waals surface area (Å²) in [5, 5.41) is 14.4. The van der Waals surface area contributed by atoms with Crippen LogP contribution in [0.25, 0.3) is 0 Å². The molecular formula is C25H40N2O5S. The van der Waals surface area contributed by atoms with E-state index in [9.17, 15) is 18.3 Å². The summed E-state index contributed by atoms with van der Waals surface area (Å²) in [6.07, 6.45) is 2.65. The summed E-state index contributed by atoms with van der Waals surface area (Å²) >= 11 is 0. The summed E-state index contributed by atoms with van der Waals surface area (Å²) in [5.41, 5.74) is 0.945. The Bertz CT molecular complexity index is 919. The first-order chi connectivity index (χ1) is 15.5. The van der Waals surface area contributed by atoms with Crippen LogP contribution in [0, 0.1) is 36.0 Å². The monoisotopic (exact) mass is 480 g/mol. The average Bonchev–Trinajstić information content (AvgIpc) is 2.76.